The van der Waals surface area contributed by atoms with E-state index in [-0.39, 0.29) is 10.8 Å². The molecule has 1 aliphatic carbocycles. The fourth-order valence-corrected chi connectivity index (χ4v) is 4.27. The van der Waals surface area contributed by atoms with E-state index >= 15 is 0 Å². The van der Waals surface area contributed by atoms with E-state index in [9.17, 15) is 13.2 Å². The molecule has 1 aliphatic rings. The first-order valence-electron chi connectivity index (χ1n) is 8.35. The van der Waals surface area contributed by atoms with Gasteiger partial charge >= 0.3 is 0 Å². The molecule has 0 unspecified atom stereocenters. The molecule has 2 rings (SSSR count). The average Bonchev–Trinajstić information content (AvgIpc) is 3.06. The normalized spacial score (nSPS) is 16.0. The van der Waals surface area contributed by atoms with E-state index < -0.39 is 10.0 Å². The second-order valence-electron chi connectivity index (χ2n) is 6.45. The van der Waals surface area contributed by atoms with Gasteiger partial charge in [-0.05, 0) is 38.1 Å². The van der Waals surface area contributed by atoms with Gasteiger partial charge in [0.15, 0.2) is 0 Å². The minimum absolute atomic E-state index is 0.194. The number of amides is 1. The predicted octanol–water partition coefficient (Wildman–Crippen LogP) is 2.14. The monoisotopic (exact) mass is 353 g/mol. The molecule has 1 aromatic rings. The van der Waals surface area contributed by atoms with Crippen molar-refractivity contribution in [3.63, 3.8) is 0 Å². The first-order valence-corrected chi connectivity index (χ1v) is 9.79. The maximum Gasteiger partial charge on any atom is 0.242 e. The van der Waals surface area contributed by atoms with Crippen LogP contribution in [0.25, 0.3) is 0 Å². The number of rotatable bonds is 7. The van der Waals surface area contributed by atoms with Crippen molar-refractivity contribution in [2.75, 3.05) is 32.5 Å². The third kappa shape index (κ3) is 4.78. The molecule has 24 heavy (non-hydrogen) atoms. The van der Waals surface area contributed by atoms with Crippen LogP contribution in [0, 0.1) is 0 Å². The van der Waals surface area contributed by atoms with E-state index in [1.165, 1.54) is 43.0 Å². The van der Waals surface area contributed by atoms with Gasteiger partial charge in [-0.3, -0.25) is 4.79 Å². The van der Waals surface area contributed by atoms with Crippen molar-refractivity contribution in [3.05, 3.63) is 24.3 Å². The van der Waals surface area contributed by atoms with Crippen LogP contribution in [0.1, 0.15) is 32.6 Å². The third-order valence-electron chi connectivity index (χ3n) is 4.58. The quantitative estimate of drug-likeness (QED) is 0.815. The summed E-state index contributed by atoms with van der Waals surface area (Å²) in [6.45, 7) is 2.55. The lowest BCUT2D eigenvalue weighted by Crippen LogP contribution is -2.38. The molecule has 0 aliphatic heterocycles. The largest absolute Gasteiger partial charge is 0.326 e. The first-order chi connectivity index (χ1) is 11.3. The molecule has 7 heteroatoms. The van der Waals surface area contributed by atoms with Gasteiger partial charge in [-0.25, -0.2) is 8.42 Å². The van der Waals surface area contributed by atoms with Gasteiger partial charge in [-0.15, -0.1) is 0 Å². The van der Waals surface area contributed by atoms with Crippen LogP contribution >= 0.6 is 0 Å². The highest BCUT2D eigenvalue weighted by Gasteiger charge is 2.24. The average molecular weight is 353 g/mol. The molecule has 0 heterocycles. The van der Waals surface area contributed by atoms with E-state index in [0.29, 0.717) is 24.8 Å². The van der Waals surface area contributed by atoms with Crippen molar-refractivity contribution < 1.29 is 13.2 Å². The van der Waals surface area contributed by atoms with Crippen LogP contribution in [0.4, 0.5) is 5.69 Å². The third-order valence-corrected chi connectivity index (χ3v) is 6.43. The highest BCUT2D eigenvalue weighted by Crippen LogP contribution is 2.23. The molecular formula is C17H27N3O3S. The van der Waals surface area contributed by atoms with Gasteiger partial charge in [-0.2, -0.15) is 4.31 Å². The van der Waals surface area contributed by atoms with Crippen molar-refractivity contribution >= 4 is 21.6 Å². The molecule has 134 valence electrons. The Morgan fingerprint density at radius 1 is 1.21 bits per heavy atom. The topological polar surface area (TPSA) is 69.7 Å². The highest BCUT2D eigenvalue weighted by atomic mass is 32.2. The van der Waals surface area contributed by atoms with Crippen LogP contribution in [0.3, 0.4) is 0 Å². The smallest absolute Gasteiger partial charge is 0.242 e. The molecule has 1 N–H and O–H groups in total. The number of carbonyl (C=O) groups is 1. The summed E-state index contributed by atoms with van der Waals surface area (Å²) in [6.07, 6.45) is 4.93. The lowest BCUT2D eigenvalue weighted by molar-refractivity contribution is -0.114. The summed E-state index contributed by atoms with van der Waals surface area (Å²) in [5, 5.41) is 2.61. The molecule has 1 amide bonds. The zero-order valence-electron chi connectivity index (χ0n) is 14.7. The fraction of sp³-hybridized carbons (Fsp3) is 0.588. The Balaban J connectivity index is 2.01. The second-order valence-corrected chi connectivity index (χ2v) is 8.50. The molecule has 0 spiro atoms. The second kappa shape index (κ2) is 8.09. The number of benzene rings is 1. The van der Waals surface area contributed by atoms with E-state index in [2.05, 4.69) is 17.3 Å². The lowest BCUT2D eigenvalue weighted by atomic mass is 10.2. The van der Waals surface area contributed by atoms with Gasteiger partial charge in [0.2, 0.25) is 15.9 Å². The van der Waals surface area contributed by atoms with Crippen LogP contribution in [-0.4, -0.2) is 56.8 Å². The van der Waals surface area contributed by atoms with Crippen LogP contribution < -0.4 is 5.32 Å². The van der Waals surface area contributed by atoms with Gasteiger partial charge in [0.25, 0.3) is 0 Å². The van der Waals surface area contributed by atoms with Crippen molar-refractivity contribution in [1.29, 1.82) is 0 Å². The molecule has 1 aromatic carbocycles. The molecule has 0 saturated heterocycles. The number of sulfonamides is 1. The maximum absolute atomic E-state index is 12.7. The Labute approximate surface area is 144 Å². The minimum Gasteiger partial charge on any atom is -0.326 e. The number of nitrogens with zero attached hydrogens (tertiary/aromatic N) is 2. The molecule has 0 aromatic heterocycles. The molecule has 0 radical (unpaired) electrons. The molecule has 0 bridgehead atoms. The Hall–Kier alpha value is -1.44. The summed E-state index contributed by atoms with van der Waals surface area (Å²) in [6, 6.07) is 6.93. The number of hydrogen-bond donors (Lipinski definition) is 1. The van der Waals surface area contributed by atoms with Crippen LogP contribution in [0.15, 0.2) is 29.2 Å². The van der Waals surface area contributed by atoms with Gasteiger partial charge in [0.1, 0.15) is 0 Å². The first kappa shape index (κ1) is 18.9. The van der Waals surface area contributed by atoms with Crippen LogP contribution in [0.5, 0.6) is 0 Å². The highest BCUT2D eigenvalue weighted by molar-refractivity contribution is 7.89. The Kier molecular flexibility index (Phi) is 6.37. The zero-order valence-corrected chi connectivity index (χ0v) is 15.5. The molecule has 6 nitrogen and oxygen atoms in total. The van der Waals surface area contributed by atoms with Gasteiger partial charge in [0.05, 0.1) is 4.90 Å². The standard InChI is InChI=1S/C17H27N3O3S/c1-14(21)18-15-7-6-10-17(13-15)24(22,23)20(3)12-11-19(2)16-8-4-5-9-16/h6-7,10,13,16H,4-5,8-9,11-12H2,1-3H3,(H,18,21). The Morgan fingerprint density at radius 3 is 2.50 bits per heavy atom. The van der Waals surface area contributed by atoms with Crippen molar-refractivity contribution in [2.24, 2.45) is 0 Å². The van der Waals surface area contributed by atoms with Crippen molar-refractivity contribution in [1.82, 2.24) is 9.21 Å². The number of nitrogens with one attached hydrogen (secondary N) is 1. The summed E-state index contributed by atoms with van der Waals surface area (Å²) in [5.41, 5.74) is 0.486. The number of hydrogen-bond acceptors (Lipinski definition) is 4. The minimum atomic E-state index is -3.56. The summed E-state index contributed by atoms with van der Waals surface area (Å²) in [4.78, 5) is 13.6. The Bertz CT molecular complexity index is 669. The summed E-state index contributed by atoms with van der Waals surface area (Å²) in [7, 11) is 0.102. The van der Waals surface area contributed by atoms with Gasteiger partial charge < -0.3 is 10.2 Å². The fourth-order valence-electron chi connectivity index (χ4n) is 3.06. The number of carbonyl (C=O) groups excluding carboxylic acids is 1. The van der Waals surface area contributed by atoms with Gasteiger partial charge in [-0.1, -0.05) is 18.9 Å². The molecular weight excluding hydrogens is 326 g/mol. The van der Waals surface area contributed by atoms with E-state index in [0.717, 1.165) is 0 Å². The van der Waals surface area contributed by atoms with E-state index in [4.69, 9.17) is 0 Å². The van der Waals surface area contributed by atoms with E-state index in [1.807, 2.05) is 0 Å². The molecule has 1 saturated carbocycles. The molecule has 0 atom stereocenters. The van der Waals surface area contributed by atoms with Crippen LogP contribution in [-0.2, 0) is 14.8 Å². The predicted molar refractivity (Wildman–Crippen MR) is 95.4 cm³/mol. The zero-order chi connectivity index (χ0) is 17.7. The van der Waals surface area contributed by atoms with Crippen LogP contribution in [0.2, 0.25) is 0 Å². The number of anilines is 1. The molecule has 1 fully saturated rings. The van der Waals surface area contributed by atoms with E-state index in [1.54, 1.807) is 25.2 Å². The van der Waals surface area contributed by atoms with Gasteiger partial charge in [0, 0.05) is 38.8 Å². The van der Waals surface area contributed by atoms with Crippen molar-refractivity contribution in [3.8, 4) is 0 Å². The SMILES string of the molecule is CC(=O)Nc1cccc(S(=O)(=O)N(C)CCN(C)C2CCCC2)c1. The maximum atomic E-state index is 12.7. The lowest BCUT2D eigenvalue weighted by Gasteiger charge is -2.26. The number of likely N-dealkylation sites (N-methyl/N-ethyl adjacent to an activating group) is 2. The summed E-state index contributed by atoms with van der Waals surface area (Å²) >= 11 is 0. The summed E-state index contributed by atoms with van der Waals surface area (Å²) < 4.78 is 26.8. The Morgan fingerprint density at radius 2 is 1.88 bits per heavy atom. The summed E-state index contributed by atoms with van der Waals surface area (Å²) in [5.74, 6) is -0.226. The van der Waals surface area contributed by atoms with Crippen molar-refractivity contribution in [2.45, 2.75) is 43.5 Å².